The molecule has 2 N–H and O–H groups in total. The van der Waals surface area contributed by atoms with Crippen LogP contribution < -0.4 is 14.9 Å². The molecule has 2 aromatic heterocycles. The number of carbonyl (C=O) groups excluding carboxylic acids is 4. The number of esters is 1. The normalized spacial score (nSPS) is 24.9. The van der Waals surface area contributed by atoms with Crippen LogP contribution in [0.2, 0.25) is 0 Å². The van der Waals surface area contributed by atoms with Crippen LogP contribution in [0.1, 0.15) is 97.3 Å². The van der Waals surface area contributed by atoms with Crippen LogP contribution in [0.5, 0.6) is 5.75 Å². The molecule has 59 heavy (non-hydrogen) atoms. The SMILES string of the molecule is CCCOC(=O)[C@H](C)NP(=O)(Oc1ccccc1)C(F)c1ccc2sc(C(=O)N[C@H]3C[C@@H]4C[C@@H]4C[C@H]4CC[C@@H](C(=O)N5CC(c6cc(C(F)F)on6)C5)N4C3=O)cc2c1. The largest absolute Gasteiger partial charge is 0.465 e. The van der Waals surface area contributed by atoms with Gasteiger partial charge < -0.3 is 28.9 Å². The molecule has 2 unspecified atom stereocenters. The highest BCUT2D eigenvalue weighted by Crippen LogP contribution is 2.58. The van der Waals surface area contributed by atoms with E-state index in [1.807, 2.05) is 6.92 Å². The molecular weight excluding hydrogens is 811 g/mol. The summed E-state index contributed by atoms with van der Waals surface area (Å²) >= 11 is 1.16. The number of fused-ring (bicyclic) bond motifs is 3. The van der Waals surface area contributed by atoms with Crippen LogP contribution in [0.25, 0.3) is 10.1 Å². The van der Waals surface area contributed by atoms with Crippen molar-refractivity contribution in [2.45, 2.75) is 94.8 Å². The van der Waals surface area contributed by atoms with Crippen molar-refractivity contribution in [2.24, 2.45) is 11.8 Å². The van der Waals surface area contributed by atoms with E-state index in [2.05, 4.69) is 15.6 Å². The zero-order valence-electron chi connectivity index (χ0n) is 32.4. The second kappa shape index (κ2) is 16.7. The fraction of sp³-hybridized carbons (Fsp3) is 0.488. The Labute approximate surface area is 342 Å². The van der Waals surface area contributed by atoms with Crippen molar-refractivity contribution in [3.8, 4) is 5.75 Å². The van der Waals surface area contributed by atoms with Crippen LogP contribution in [0.15, 0.2) is 65.2 Å². The number of benzene rings is 2. The Balaban J connectivity index is 0.966. The zero-order valence-corrected chi connectivity index (χ0v) is 34.1. The van der Waals surface area contributed by atoms with Crippen LogP contribution in [0.4, 0.5) is 13.2 Å². The lowest BCUT2D eigenvalue weighted by Crippen LogP contribution is -2.59. The highest BCUT2D eigenvalue weighted by molar-refractivity contribution is 7.57. The topological polar surface area (TPSA) is 160 Å². The number of carbonyl (C=O) groups is 4. The van der Waals surface area contributed by atoms with Crippen molar-refractivity contribution in [1.29, 1.82) is 0 Å². The standard InChI is InChI=1S/C41H45F3N5O8PS/c1-3-13-55-41(53)22(2)47-58(54,57-29-7-5-4-6-8-29)37(44)23-9-12-34-26(14-23)18-35(59-34)38(50)45-31-17-25-15-24(25)16-28-10-11-32(49(28)39(31)51)40(52)48-20-27(21-48)30-19-33(36(42)43)56-46-30/h4-9,12,14,18-19,22,24-25,27-28,31-32,36-37H,3,10-11,13,15-17,20-21H2,1-2H3,(H,45,50)(H,47,54)/t22-,24+,25-,28+,31-,32-,37?,58?/m0/s1. The number of thiophene rings is 1. The molecule has 1 saturated carbocycles. The van der Waals surface area contributed by atoms with E-state index in [9.17, 15) is 32.5 Å². The summed E-state index contributed by atoms with van der Waals surface area (Å²) in [5.41, 5.74) is 0.368. The van der Waals surface area contributed by atoms with E-state index >= 15 is 4.39 Å². The quantitative estimate of drug-likeness (QED) is 0.0960. The molecule has 0 spiro atoms. The third kappa shape index (κ3) is 8.51. The molecule has 3 saturated heterocycles. The van der Waals surface area contributed by atoms with Gasteiger partial charge in [0.1, 0.15) is 23.9 Å². The van der Waals surface area contributed by atoms with Crippen molar-refractivity contribution in [2.75, 3.05) is 19.7 Å². The molecule has 0 radical (unpaired) electrons. The van der Waals surface area contributed by atoms with E-state index in [4.69, 9.17) is 13.8 Å². The number of aromatic nitrogens is 1. The number of alkyl halides is 3. The van der Waals surface area contributed by atoms with Gasteiger partial charge in [-0.1, -0.05) is 36.3 Å². The number of ether oxygens (including phenoxy) is 1. The molecule has 8 rings (SSSR count). The van der Waals surface area contributed by atoms with E-state index in [1.165, 1.54) is 37.3 Å². The Kier molecular flexibility index (Phi) is 11.6. The lowest BCUT2D eigenvalue weighted by Gasteiger charge is -2.42. The average Bonchev–Trinajstić information content (AvgIpc) is 3.56. The minimum atomic E-state index is -4.47. The number of para-hydroxylation sites is 1. The Bertz CT molecular complexity index is 2270. The Hall–Kier alpha value is -4.73. The zero-order chi connectivity index (χ0) is 41.6. The third-order valence-corrected chi connectivity index (χ3v) is 14.9. The van der Waals surface area contributed by atoms with Crippen molar-refractivity contribution >= 4 is 52.6 Å². The van der Waals surface area contributed by atoms with Crippen LogP contribution in [-0.4, -0.2) is 82.5 Å². The van der Waals surface area contributed by atoms with Crippen molar-refractivity contribution in [3.05, 3.63) is 82.6 Å². The van der Waals surface area contributed by atoms with Gasteiger partial charge in [0, 0.05) is 35.8 Å². The summed E-state index contributed by atoms with van der Waals surface area (Å²) in [5.74, 6) is -3.86. The van der Waals surface area contributed by atoms with Gasteiger partial charge in [0.2, 0.25) is 23.5 Å². The summed E-state index contributed by atoms with van der Waals surface area (Å²) in [7, 11) is -4.47. The van der Waals surface area contributed by atoms with Crippen LogP contribution in [0, 0.1) is 11.8 Å². The summed E-state index contributed by atoms with van der Waals surface area (Å²) < 4.78 is 73.2. The third-order valence-electron chi connectivity index (χ3n) is 11.7. The van der Waals surface area contributed by atoms with Gasteiger partial charge in [-0.25, -0.2) is 18.3 Å². The van der Waals surface area contributed by atoms with Crippen LogP contribution in [-0.2, 0) is 23.7 Å². The molecular formula is C41H45F3N5O8PS. The first kappa shape index (κ1) is 41.0. The number of nitrogens with zero attached hydrogens (tertiary/aromatic N) is 3. The predicted octanol–water partition coefficient (Wildman–Crippen LogP) is 7.51. The first-order valence-corrected chi connectivity index (χ1v) is 22.5. The lowest BCUT2D eigenvalue weighted by atomic mass is 9.94. The molecule has 5 heterocycles. The Morgan fingerprint density at radius 1 is 1.02 bits per heavy atom. The second-order valence-electron chi connectivity index (χ2n) is 15.9. The highest BCUT2D eigenvalue weighted by Gasteiger charge is 2.53. The van der Waals surface area contributed by atoms with Gasteiger partial charge in [0.25, 0.3) is 12.3 Å². The van der Waals surface area contributed by atoms with E-state index in [-0.39, 0.29) is 65.6 Å². The van der Waals surface area contributed by atoms with Crippen molar-refractivity contribution in [1.82, 2.24) is 25.4 Å². The molecule has 314 valence electrons. The van der Waals surface area contributed by atoms with Gasteiger partial charge in [0.05, 0.1) is 17.2 Å². The number of rotatable bonds is 14. The number of amides is 3. The number of nitrogens with one attached hydrogen (secondary N) is 2. The molecule has 8 atom stereocenters. The maximum atomic E-state index is 16.5. The average molecular weight is 856 g/mol. The molecule has 4 aromatic rings. The summed E-state index contributed by atoms with van der Waals surface area (Å²) in [6.45, 7) is 3.95. The van der Waals surface area contributed by atoms with Crippen LogP contribution >= 0.6 is 18.9 Å². The van der Waals surface area contributed by atoms with E-state index < -0.39 is 55.6 Å². The van der Waals surface area contributed by atoms with Crippen molar-refractivity contribution < 1.29 is 50.7 Å². The summed E-state index contributed by atoms with van der Waals surface area (Å²) in [6.07, 6.45) is 1.13. The number of halogens is 3. The van der Waals surface area contributed by atoms with Gasteiger partial charge in [-0.2, -0.15) is 0 Å². The molecule has 1 aliphatic carbocycles. The molecule has 0 bridgehead atoms. The summed E-state index contributed by atoms with van der Waals surface area (Å²) in [4.78, 5) is 58.2. The van der Waals surface area contributed by atoms with E-state index in [0.29, 0.717) is 47.4 Å². The van der Waals surface area contributed by atoms with Crippen LogP contribution in [0.3, 0.4) is 0 Å². The number of hydrogen-bond donors (Lipinski definition) is 2. The smallest absolute Gasteiger partial charge is 0.355 e. The Morgan fingerprint density at radius 3 is 2.51 bits per heavy atom. The number of hydrogen-bond acceptors (Lipinski definition) is 10. The first-order chi connectivity index (χ1) is 28.3. The summed E-state index contributed by atoms with van der Waals surface area (Å²) in [5, 5.41) is 9.78. The van der Waals surface area contributed by atoms with Gasteiger partial charge in [-0.15, -0.1) is 11.3 Å². The minimum absolute atomic E-state index is 0.00126. The maximum absolute atomic E-state index is 16.5. The molecule has 13 nitrogen and oxygen atoms in total. The van der Waals surface area contributed by atoms with Gasteiger partial charge >= 0.3 is 13.5 Å². The van der Waals surface area contributed by atoms with Gasteiger partial charge in [-0.3, -0.25) is 23.7 Å². The van der Waals surface area contributed by atoms with E-state index in [1.54, 1.807) is 40.1 Å². The molecule has 4 fully saturated rings. The fourth-order valence-electron chi connectivity index (χ4n) is 8.46. The maximum Gasteiger partial charge on any atom is 0.355 e. The lowest BCUT2D eigenvalue weighted by molar-refractivity contribution is -0.149. The Morgan fingerprint density at radius 2 is 1.78 bits per heavy atom. The van der Waals surface area contributed by atoms with E-state index in [0.717, 1.165) is 24.2 Å². The second-order valence-corrected chi connectivity index (χ2v) is 19.1. The molecule has 3 aliphatic heterocycles. The predicted molar refractivity (Wildman–Crippen MR) is 211 cm³/mol. The monoisotopic (exact) mass is 855 g/mol. The summed E-state index contributed by atoms with van der Waals surface area (Å²) in [6, 6.07) is 12.6. The molecule has 18 heteroatoms. The number of likely N-dealkylation sites (tertiary alicyclic amines) is 1. The van der Waals surface area contributed by atoms with Gasteiger partial charge in [-0.05, 0) is 98.6 Å². The molecule has 4 aliphatic rings. The highest BCUT2D eigenvalue weighted by atomic mass is 32.1. The first-order valence-electron chi connectivity index (χ1n) is 19.9. The fourth-order valence-corrected chi connectivity index (χ4v) is 11.3. The van der Waals surface area contributed by atoms with Crippen molar-refractivity contribution in [3.63, 3.8) is 0 Å². The molecule has 3 amide bonds. The van der Waals surface area contributed by atoms with Gasteiger partial charge in [0.15, 0.2) is 0 Å². The molecule has 2 aromatic carbocycles. The minimum Gasteiger partial charge on any atom is -0.465 e.